The van der Waals surface area contributed by atoms with Gasteiger partial charge in [0.25, 0.3) is 0 Å². The summed E-state index contributed by atoms with van der Waals surface area (Å²) in [4.78, 5) is 5.85. The Balaban J connectivity index is 1.81. The number of imidazole rings is 1. The van der Waals surface area contributed by atoms with Gasteiger partial charge in [-0.3, -0.25) is 0 Å². The van der Waals surface area contributed by atoms with Crippen LogP contribution in [0.15, 0.2) is 52.1 Å². The van der Waals surface area contributed by atoms with Crippen molar-refractivity contribution in [2.75, 3.05) is 5.73 Å². The number of thioether (sulfide) groups is 1. The summed E-state index contributed by atoms with van der Waals surface area (Å²) in [5, 5.41) is 0. The summed E-state index contributed by atoms with van der Waals surface area (Å²) in [6.07, 6.45) is 4.11. The van der Waals surface area contributed by atoms with Crippen molar-refractivity contribution in [3.8, 4) is 0 Å². The third-order valence-corrected chi connectivity index (χ3v) is 5.08. The molecule has 0 unspecified atom stereocenters. The van der Waals surface area contributed by atoms with Crippen LogP contribution in [0.1, 0.15) is 11.3 Å². The molecule has 0 aliphatic rings. The van der Waals surface area contributed by atoms with Crippen LogP contribution in [0.2, 0.25) is 0 Å². The molecule has 3 rings (SSSR count). The van der Waals surface area contributed by atoms with Gasteiger partial charge in [0.15, 0.2) is 0 Å². The van der Waals surface area contributed by atoms with Crippen molar-refractivity contribution in [2.24, 2.45) is 0 Å². The third-order valence-electron chi connectivity index (χ3n) is 3.06. The second kappa shape index (κ2) is 5.50. The number of nitrogens with zero attached hydrogens (tertiary/aromatic N) is 2. The van der Waals surface area contributed by atoms with E-state index in [1.807, 2.05) is 30.5 Å². The van der Waals surface area contributed by atoms with Gasteiger partial charge < -0.3 is 10.1 Å². The molecule has 0 atom stereocenters. The zero-order valence-electron chi connectivity index (χ0n) is 11.0. The maximum Gasteiger partial charge on any atom is 0.139 e. The molecule has 3 aromatic rings. The maximum atomic E-state index is 5.75. The first-order valence-corrected chi connectivity index (χ1v) is 8.02. The SMILES string of the molecule is Cc1cccn2cc(CSc3ccc(N)cc3Br)nc12. The lowest BCUT2D eigenvalue weighted by Gasteiger charge is -2.03. The molecule has 3 nitrogen and oxygen atoms in total. The highest BCUT2D eigenvalue weighted by atomic mass is 79.9. The largest absolute Gasteiger partial charge is 0.399 e. The van der Waals surface area contributed by atoms with Crippen LogP contribution in [-0.2, 0) is 5.75 Å². The van der Waals surface area contributed by atoms with Gasteiger partial charge in [-0.2, -0.15) is 0 Å². The van der Waals surface area contributed by atoms with E-state index in [2.05, 4.69) is 44.5 Å². The fraction of sp³-hybridized carbons (Fsp3) is 0.133. The van der Waals surface area contributed by atoms with E-state index in [9.17, 15) is 0 Å². The van der Waals surface area contributed by atoms with Gasteiger partial charge in [-0.1, -0.05) is 6.07 Å². The molecule has 20 heavy (non-hydrogen) atoms. The highest BCUT2D eigenvalue weighted by Gasteiger charge is 2.06. The Kier molecular flexibility index (Phi) is 3.72. The van der Waals surface area contributed by atoms with Crippen LogP contribution in [-0.4, -0.2) is 9.38 Å². The quantitative estimate of drug-likeness (QED) is 0.568. The minimum atomic E-state index is 0.768. The molecule has 5 heteroatoms. The van der Waals surface area contributed by atoms with E-state index in [0.29, 0.717) is 0 Å². The first kappa shape index (κ1) is 13.5. The fourth-order valence-electron chi connectivity index (χ4n) is 2.06. The van der Waals surface area contributed by atoms with Crippen molar-refractivity contribution in [1.29, 1.82) is 0 Å². The van der Waals surface area contributed by atoms with E-state index in [1.165, 1.54) is 10.5 Å². The maximum absolute atomic E-state index is 5.75. The summed E-state index contributed by atoms with van der Waals surface area (Å²) in [6.45, 7) is 2.08. The Morgan fingerprint density at radius 2 is 2.20 bits per heavy atom. The number of pyridine rings is 1. The van der Waals surface area contributed by atoms with Gasteiger partial charge in [0.1, 0.15) is 5.65 Å². The zero-order chi connectivity index (χ0) is 14.1. The summed E-state index contributed by atoms with van der Waals surface area (Å²) < 4.78 is 3.10. The number of aryl methyl sites for hydroxylation is 1. The molecule has 2 aromatic heterocycles. The molecule has 0 spiro atoms. The minimum absolute atomic E-state index is 0.768. The van der Waals surface area contributed by atoms with Crippen LogP contribution >= 0.6 is 27.7 Å². The molecule has 0 radical (unpaired) electrons. The average molecular weight is 348 g/mol. The Bertz CT molecular complexity index is 767. The summed E-state index contributed by atoms with van der Waals surface area (Å²) in [5.41, 5.74) is 9.81. The molecule has 0 amide bonds. The molecule has 102 valence electrons. The van der Waals surface area contributed by atoms with Crippen LogP contribution in [0.5, 0.6) is 0 Å². The number of nitrogen functional groups attached to an aromatic ring is 1. The van der Waals surface area contributed by atoms with E-state index < -0.39 is 0 Å². The van der Waals surface area contributed by atoms with Gasteiger partial charge in [0.2, 0.25) is 0 Å². The van der Waals surface area contributed by atoms with E-state index in [1.54, 1.807) is 11.8 Å². The van der Waals surface area contributed by atoms with Crippen LogP contribution in [0, 0.1) is 6.92 Å². The molecule has 0 aliphatic carbocycles. The van der Waals surface area contributed by atoms with E-state index in [0.717, 1.165) is 27.3 Å². The van der Waals surface area contributed by atoms with Crippen molar-refractivity contribution in [1.82, 2.24) is 9.38 Å². The number of benzene rings is 1. The highest BCUT2D eigenvalue weighted by Crippen LogP contribution is 2.31. The lowest BCUT2D eigenvalue weighted by atomic mass is 10.3. The number of fused-ring (bicyclic) bond motifs is 1. The van der Waals surface area contributed by atoms with Gasteiger partial charge in [-0.15, -0.1) is 11.8 Å². The standard InChI is InChI=1S/C15H14BrN3S/c1-10-3-2-6-19-8-12(18-15(10)19)9-20-14-5-4-11(17)7-13(14)16/h2-8H,9,17H2,1H3. The minimum Gasteiger partial charge on any atom is -0.399 e. The highest BCUT2D eigenvalue weighted by molar-refractivity contribution is 9.10. The molecular formula is C15H14BrN3S. The molecule has 0 bridgehead atoms. The van der Waals surface area contributed by atoms with Gasteiger partial charge in [0.05, 0.1) is 5.69 Å². The first-order chi connectivity index (χ1) is 9.63. The molecule has 2 heterocycles. The Morgan fingerprint density at radius 1 is 1.35 bits per heavy atom. The topological polar surface area (TPSA) is 43.3 Å². The van der Waals surface area contributed by atoms with Crippen LogP contribution in [0.25, 0.3) is 5.65 Å². The van der Waals surface area contributed by atoms with Crippen LogP contribution in [0.4, 0.5) is 5.69 Å². The number of aromatic nitrogens is 2. The van der Waals surface area contributed by atoms with Gasteiger partial charge in [-0.25, -0.2) is 4.98 Å². The first-order valence-electron chi connectivity index (χ1n) is 6.24. The van der Waals surface area contributed by atoms with Gasteiger partial charge >= 0.3 is 0 Å². The molecule has 1 aromatic carbocycles. The number of rotatable bonds is 3. The average Bonchev–Trinajstić information content (AvgIpc) is 2.82. The summed E-state index contributed by atoms with van der Waals surface area (Å²) >= 11 is 5.29. The molecular weight excluding hydrogens is 334 g/mol. The molecule has 0 fully saturated rings. The zero-order valence-corrected chi connectivity index (χ0v) is 13.4. The smallest absolute Gasteiger partial charge is 0.139 e. The number of hydrogen-bond acceptors (Lipinski definition) is 3. The van der Waals surface area contributed by atoms with Crippen molar-refractivity contribution in [3.63, 3.8) is 0 Å². The number of nitrogens with two attached hydrogens (primary N) is 1. The Hall–Kier alpha value is -1.46. The summed E-state index contributed by atoms with van der Waals surface area (Å²) in [6, 6.07) is 10.00. The van der Waals surface area contributed by atoms with Gasteiger partial charge in [-0.05, 0) is 52.7 Å². The third kappa shape index (κ3) is 2.69. The van der Waals surface area contributed by atoms with Crippen molar-refractivity contribution in [2.45, 2.75) is 17.6 Å². The van der Waals surface area contributed by atoms with Crippen molar-refractivity contribution < 1.29 is 0 Å². The Labute approximate surface area is 130 Å². The monoisotopic (exact) mass is 347 g/mol. The number of hydrogen-bond donors (Lipinski definition) is 1. The van der Waals surface area contributed by atoms with Gasteiger partial charge in [0, 0.05) is 33.2 Å². The van der Waals surface area contributed by atoms with Crippen LogP contribution < -0.4 is 5.73 Å². The van der Waals surface area contributed by atoms with Crippen LogP contribution in [0.3, 0.4) is 0 Å². The second-order valence-corrected chi connectivity index (χ2v) is 6.50. The normalized spacial score (nSPS) is 11.1. The Morgan fingerprint density at radius 3 is 2.95 bits per heavy atom. The fourth-order valence-corrected chi connectivity index (χ4v) is 3.60. The van der Waals surface area contributed by atoms with E-state index >= 15 is 0 Å². The lowest BCUT2D eigenvalue weighted by Crippen LogP contribution is -1.86. The summed E-state index contributed by atoms with van der Waals surface area (Å²) in [7, 11) is 0. The molecule has 0 aliphatic heterocycles. The number of halogens is 1. The molecule has 0 saturated carbocycles. The molecule has 0 saturated heterocycles. The lowest BCUT2D eigenvalue weighted by molar-refractivity contribution is 1.16. The second-order valence-electron chi connectivity index (χ2n) is 4.63. The predicted octanol–water partition coefficient (Wildman–Crippen LogP) is 4.28. The molecule has 2 N–H and O–H groups in total. The predicted molar refractivity (Wildman–Crippen MR) is 88.0 cm³/mol. The number of anilines is 1. The van der Waals surface area contributed by atoms with Crippen molar-refractivity contribution >= 4 is 39.0 Å². The van der Waals surface area contributed by atoms with E-state index in [-0.39, 0.29) is 0 Å². The van der Waals surface area contributed by atoms with Crippen molar-refractivity contribution in [3.05, 3.63) is 58.5 Å². The summed E-state index contributed by atoms with van der Waals surface area (Å²) in [5.74, 6) is 0.837. The van der Waals surface area contributed by atoms with E-state index in [4.69, 9.17) is 5.73 Å².